The molecular weight excluding hydrogens is 206 g/mol. The Kier molecular flexibility index (Phi) is 2.98. The van der Waals surface area contributed by atoms with E-state index in [-0.39, 0.29) is 5.78 Å². The van der Waals surface area contributed by atoms with Gasteiger partial charge < -0.3 is 0 Å². The van der Waals surface area contributed by atoms with E-state index in [1.165, 1.54) is 11.3 Å². The largest absolute Gasteiger partial charge is 0.295 e. The molecule has 0 aromatic carbocycles. The Morgan fingerprint density at radius 3 is 2.93 bits per heavy atom. The Morgan fingerprint density at radius 1 is 1.40 bits per heavy atom. The SMILES string of the molecule is N#Cc1ccsc1/C=C1\CCCCC1=O. The van der Waals surface area contributed by atoms with Gasteiger partial charge in [-0.15, -0.1) is 11.3 Å². The summed E-state index contributed by atoms with van der Waals surface area (Å²) >= 11 is 1.52. The molecule has 0 bridgehead atoms. The molecule has 2 rings (SSSR count). The number of allylic oxidation sites excluding steroid dienone is 1. The molecule has 3 heteroatoms. The van der Waals surface area contributed by atoms with Crippen molar-refractivity contribution in [1.82, 2.24) is 0 Å². The molecule has 1 aliphatic carbocycles. The molecule has 1 saturated carbocycles. The van der Waals surface area contributed by atoms with Crippen LogP contribution < -0.4 is 0 Å². The lowest BCUT2D eigenvalue weighted by molar-refractivity contribution is -0.116. The van der Waals surface area contributed by atoms with Gasteiger partial charge >= 0.3 is 0 Å². The minimum Gasteiger partial charge on any atom is -0.295 e. The second-order valence-corrected chi connectivity index (χ2v) is 4.56. The first kappa shape index (κ1) is 10.1. The lowest BCUT2D eigenvalue weighted by Crippen LogP contribution is -2.07. The Hall–Kier alpha value is -1.40. The maximum atomic E-state index is 11.6. The highest BCUT2D eigenvalue weighted by Crippen LogP contribution is 2.25. The van der Waals surface area contributed by atoms with Crippen molar-refractivity contribution < 1.29 is 4.79 Å². The summed E-state index contributed by atoms with van der Waals surface area (Å²) in [6.45, 7) is 0. The molecule has 1 aromatic heterocycles. The van der Waals surface area contributed by atoms with Gasteiger partial charge in [0, 0.05) is 11.3 Å². The number of ketones is 1. The van der Waals surface area contributed by atoms with Crippen molar-refractivity contribution in [2.24, 2.45) is 0 Å². The Labute approximate surface area is 92.8 Å². The third kappa shape index (κ3) is 2.16. The first-order valence-corrected chi connectivity index (χ1v) is 5.90. The average Bonchev–Trinajstić information content (AvgIpc) is 2.69. The normalized spacial score (nSPS) is 19.1. The summed E-state index contributed by atoms with van der Waals surface area (Å²) in [6, 6.07) is 3.93. The molecule has 15 heavy (non-hydrogen) atoms. The fraction of sp³-hybridized carbons (Fsp3) is 0.333. The van der Waals surface area contributed by atoms with Gasteiger partial charge in [0.25, 0.3) is 0 Å². The Morgan fingerprint density at radius 2 is 2.20 bits per heavy atom. The number of thiophene rings is 1. The first-order valence-electron chi connectivity index (χ1n) is 5.02. The standard InChI is InChI=1S/C12H11NOS/c13-8-10-5-6-15-12(10)7-9-3-1-2-4-11(9)14/h5-7H,1-4H2/b9-7+. The number of Topliss-reactive ketones (excluding diaryl/α,β-unsaturated/α-hetero) is 1. The van der Waals surface area contributed by atoms with E-state index in [1.807, 2.05) is 11.5 Å². The van der Waals surface area contributed by atoms with Crippen LogP contribution in [0, 0.1) is 11.3 Å². The average molecular weight is 217 g/mol. The van der Waals surface area contributed by atoms with Gasteiger partial charge in [0.2, 0.25) is 0 Å². The van der Waals surface area contributed by atoms with Gasteiger partial charge in [-0.05, 0) is 42.4 Å². The van der Waals surface area contributed by atoms with Crippen molar-refractivity contribution in [2.75, 3.05) is 0 Å². The minimum atomic E-state index is 0.249. The van der Waals surface area contributed by atoms with Crippen molar-refractivity contribution in [3.8, 4) is 6.07 Å². The highest BCUT2D eigenvalue weighted by atomic mass is 32.1. The maximum Gasteiger partial charge on any atom is 0.158 e. The van der Waals surface area contributed by atoms with Crippen LogP contribution in [0.4, 0.5) is 0 Å². The number of hydrogen-bond acceptors (Lipinski definition) is 3. The highest BCUT2D eigenvalue weighted by molar-refractivity contribution is 7.11. The summed E-state index contributed by atoms with van der Waals surface area (Å²) in [6.07, 6.45) is 5.52. The third-order valence-electron chi connectivity index (χ3n) is 2.58. The number of carbonyl (C=O) groups is 1. The van der Waals surface area contributed by atoms with E-state index < -0.39 is 0 Å². The quantitative estimate of drug-likeness (QED) is 0.678. The molecule has 1 fully saturated rings. The predicted octanol–water partition coefficient (Wildman–Crippen LogP) is 3.15. The second kappa shape index (κ2) is 4.41. The smallest absolute Gasteiger partial charge is 0.158 e. The Balaban J connectivity index is 2.29. The third-order valence-corrected chi connectivity index (χ3v) is 3.44. The summed E-state index contributed by atoms with van der Waals surface area (Å²) in [4.78, 5) is 12.5. The molecule has 0 saturated heterocycles. The van der Waals surface area contributed by atoms with Crippen LogP contribution in [0.5, 0.6) is 0 Å². The molecule has 76 valence electrons. The molecule has 0 radical (unpaired) electrons. The minimum absolute atomic E-state index is 0.249. The highest BCUT2D eigenvalue weighted by Gasteiger charge is 2.15. The van der Waals surface area contributed by atoms with Crippen LogP contribution in [0.25, 0.3) is 6.08 Å². The molecule has 2 nitrogen and oxygen atoms in total. The van der Waals surface area contributed by atoms with Crippen LogP contribution >= 0.6 is 11.3 Å². The number of nitrogens with zero attached hydrogens (tertiary/aromatic N) is 1. The predicted molar refractivity (Wildman–Crippen MR) is 60.5 cm³/mol. The van der Waals surface area contributed by atoms with E-state index in [0.29, 0.717) is 12.0 Å². The molecule has 0 amide bonds. The van der Waals surface area contributed by atoms with E-state index in [9.17, 15) is 4.79 Å². The van der Waals surface area contributed by atoms with Gasteiger partial charge in [-0.2, -0.15) is 5.26 Å². The summed E-state index contributed by atoms with van der Waals surface area (Å²) in [5.74, 6) is 0.249. The summed E-state index contributed by atoms with van der Waals surface area (Å²) in [5.41, 5.74) is 1.56. The molecule has 1 heterocycles. The summed E-state index contributed by atoms with van der Waals surface area (Å²) < 4.78 is 0. The van der Waals surface area contributed by atoms with Gasteiger partial charge in [0.05, 0.1) is 5.56 Å². The lowest BCUT2D eigenvalue weighted by atomic mass is 9.93. The zero-order valence-corrected chi connectivity index (χ0v) is 9.14. The van der Waals surface area contributed by atoms with Crippen molar-refractivity contribution in [3.63, 3.8) is 0 Å². The number of carbonyl (C=O) groups excluding carboxylic acids is 1. The van der Waals surface area contributed by atoms with Crippen molar-refractivity contribution in [1.29, 1.82) is 5.26 Å². The van der Waals surface area contributed by atoms with Crippen LogP contribution in [0.2, 0.25) is 0 Å². The lowest BCUT2D eigenvalue weighted by Gasteiger charge is -2.11. The van der Waals surface area contributed by atoms with Gasteiger partial charge in [-0.1, -0.05) is 0 Å². The maximum absolute atomic E-state index is 11.6. The number of hydrogen-bond donors (Lipinski definition) is 0. The molecule has 0 aliphatic heterocycles. The van der Waals surface area contributed by atoms with Crippen molar-refractivity contribution in [3.05, 3.63) is 27.5 Å². The molecule has 1 aliphatic rings. The molecule has 0 N–H and O–H groups in total. The molecular formula is C12H11NOS. The zero-order chi connectivity index (χ0) is 10.7. The first-order chi connectivity index (χ1) is 7.31. The van der Waals surface area contributed by atoms with E-state index in [0.717, 1.165) is 29.7 Å². The van der Waals surface area contributed by atoms with E-state index >= 15 is 0 Å². The molecule has 0 spiro atoms. The summed E-state index contributed by atoms with van der Waals surface area (Å²) in [5, 5.41) is 10.7. The van der Waals surface area contributed by atoms with Crippen LogP contribution in [0.3, 0.4) is 0 Å². The molecule has 0 atom stereocenters. The van der Waals surface area contributed by atoms with Gasteiger partial charge in [-0.3, -0.25) is 4.79 Å². The number of nitriles is 1. The second-order valence-electron chi connectivity index (χ2n) is 3.61. The Bertz CT molecular complexity index is 450. The van der Waals surface area contributed by atoms with E-state index in [2.05, 4.69) is 6.07 Å². The fourth-order valence-electron chi connectivity index (χ4n) is 1.74. The molecule has 0 unspecified atom stereocenters. The van der Waals surface area contributed by atoms with Crippen molar-refractivity contribution in [2.45, 2.75) is 25.7 Å². The monoisotopic (exact) mass is 217 g/mol. The number of rotatable bonds is 1. The fourth-order valence-corrected chi connectivity index (χ4v) is 2.54. The van der Waals surface area contributed by atoms with E-state index in [1.54, 1.807) is 6.07 Å². The van der Waals surface area contributed by atoms with Gasteiger partial charge in [0.1, 0.15) is 6.07 Å². The van der Waals surface area contributed by atoms with Crippen LogP contribution in [-0.2, 0) is 4.79 Å². The van der Waals surface area contributed by atoms with Crippen LogP contribution in [-0.4, -0.2) is 5.78 Å². The van der Waals surface area contributed by atoms with Crippen LogP contribution in [0.1, 0.15) is 36.1 Å². The van der Waals surface area contributed by atoms with Gasteiger partial charge in [-0.25, -0.2) is 0 Å². The summed E-state index contributed by atoms with van der Waals surface area (Å²) in [7, 11) is 0. The topological polar surface area (TPSA) is 40.9 Å². The van der Waals surface area contributed by atoms with E-state index in [4.69, 9.17) is 5.26 Å². The van der Waals surface area contributed by atoms with Crippen LogP contribution in [0.15, 0.2) is 17.0 Å². The molecule has 1 aromatic rings. The zero-order valence-electron chi connectivity index (χ0n) is 8.32. The van der Waals surface area contributed by atoms with Crippen molar-refractivity contribution >= 4 is 23.2 Å². The van der Waals surface area contributed by atoms with Gasteiger partial charge in [0.15, 0.2) is 5.78 Å².